The van der Waals surface area contributed by atoms with Gasteiger partial charge in [-0.2, -0.15) is 0 Å². The van der Waals surface area contributed by atoms with Crippen molar-refractivity contribution in [1.29, 1.82) is 0 Å². The molecule has 21 heavy (non-hydrogen) atoms. The molecule has 6 heteroatoms. The Morgan fingerprint density at radius 3 is 2.90 bits per heavy atom. The van der Waals surface area contributed by atoms with Crippen LogP contribution in [0.5, 0.6) is 5.75 Å². The fourth-order valence-corrected chi connectivity index (χ4v) is 2.69. The summed E-state index contributed by atoms with van der Waals surface area (Å²) in [7, 11) is 0. The molecule has 2 aliphatic rings. The second kappa shape index (κ2) is 6.13. The Bertz CT molecular complexity index is 565. The van der Waals surface area contributed by atoms with Crippen molar-refractivity contribution in [3.05, 3.63) is 29.3 Å². The van der Waals surface area contributed by atoms with Crippen LogP contribution in [0.15, 0.2) is 23.4 Å². The van der Waals surface area contributed by atoms with Gasteiger partial charge in [0.1, 0.15) is 5.75 Å². The van der Waals surface area contributed by atoms with Gasteiger partial charge in [0.15, 0.2) is 6.61 Å². The predicted octanol–water partition coefficient (Wildman–Crippen LogP) is 1.05. The molecule has 3 rings (SSSR count). The average Bonchev–Trinajstić information content (AvgIpc) is 2.95. The zero-order valence-corrected chi connectivity index (χ0v) is 11.7. The molecule has 1 aliphatic heterocycles. The molecule has 1 aromatic rings. The van der Waals surface area contributed by atoms with E-state index in [0.29, 0.717) is 37.8 Å². The van der Waals surface area contributed by atoms with Crippen molar-refractivity contribution in [1.82, 2.24) is 4.90 Å². The van der Waals surface area contributed by atoms with Crippen molar-refractivity contribution in [2.24, 2.45) is 5.16 Å². The lowest BCUT2D eigenvalue weighted by molar-refractivity contribution is -0.137. The fraction of sp³-hybridized carbons (Fsp3) is 0.467. The summed E-state index contributed by atoms with van der Waals surface area (Å²) < 4.78 is 10.8. The van der Waals surface area contributed by atoms with Crippen molar-refractivity contribution in [2.45, 2.75) is 12.8 Å². The predicted molar refractivity (Wildman–Crippen MR) is 76.0 cm³/mol. The maximum absolute atomic E-state index is 12.0. The molecule has 1 heterocycles. The third-order valence-electron chi connectivity index (χ3n) is 3.87. The van der Waals surface area contributed by atoms with E-state index >= 15 is 0 Å². The number of benzene rings is 1. The highest BCUT2D eigenvalue weighted by Crippen LogP contribution is 2.26. The monoisotopic (exact) mass is 290 g/mol. The van der Waals surface area contributed by atoms with Crippen LogP contribution in [0, 0.1) is 0 Å². The summed E-state index contributed by atoms with van der Waals surface area (Å²) in [5, 5.41) is 12.2. The summed E-state index contributed by atoms with van der Waals surface area (Å²) in [6, 6.07) is 5.61. The molecule has 112 valence electrons. The number of ether oxygens (including phenoxy) is 2. The van der Waals surface area contributed by atoms with Crippen molar-refractivity contribution in [2.75, 3.05) is 32.9 Å². The van der Waals surface area contributed by atoms with Crippen LogP contribution in [0.2, 0.25) is 0 Å². The van der Waals surface area contributed by atoms with Gasteiger partial charge in [0.2, 0.25) is 0 Å². The number of aryl methyl sites for hydroxylation is 1. The molecule has 0 bridgehead atoms. The number of carbonyl (C=O) groups is 1. The number of hydrogen-bond acceptors (Lipinski definition) is 5. The van der Waals surface area contributed by atoms with Crippen LogP contribution in [0.25, 0.3) is 0 Å². The van der Waals surface area contributed by atoms with Crippen molar-refractivity contribution < 1.29 is 19.5 Å². The van der Waals surface area contributed by atoms with Crippen LogP contribution in [0.3, 0.4) is 0 Å². The summed E-state index contributed by atoms with van der Waals surface area (Å²) in [6.07, 6.45) is 1.57. The number of rotatable bonds is 3. The molecule has 1 N–H and O–H groups in total. The molecule has 1 aliphatic carbocycles. The molecule has 1 amide bonds. The third kappa shape index (κ3) is 3.00. The number of fused-ring (bicyclic) bond motifs is 1. The third-order valence-corrected chi connectivity index (χ3v) is 3.87. The minimum atomic E-state index is -0.0172. The first kappa shape index (κ1) is 13.9. The van der Waals surface area contributed by atoms with Gasteiger partial charge in [-0.1, -0.05) is 5.16 Å². The summed E-state index contributed by atoms with van der Waals surface area (Å²) >= 11 is 0. The van der Waals surface area contributed by atoms with Gasteiger partial charge in [-0.05, 0) is 36.6 Å². The largest absolute Gasteiger partial charge is 0.484 e. The molecule has 0 spiro atoms. The summed E-state index contributed by atoms with van der Waals surface area (Å²) in [5.74, 6) is 0.658. The lowest BCUT2D eigenvalue weighted by Crippen LogP contribution is -2.42. The molecule has 1 fully saturated rings. The molecule has 0 aromatic heterocycles. The first-order valence-corrected chi connectivity index (χ1v) is 7.10. The van der Waals surface area contributed by atoms with E-state index in [1.165, 1.54) is 0 Å². The molecular weight excluding hydrogens is 272 g/mol. The molecule has 0 radical (unpaired) electrons. The Balaban J connectivity index is 1.60. The van der Waals surface area contributed by atoms with Crippen LogP contribution in [-0.2, 0) is 16.0 Å². The zero-order chi connectivity index (χ0) is 14.7. The van der Waals surface area contributed by atoms with Crippen molar-refractivity contribution >= 4 is 11.6 Å². The maximum Gasteiger partial charge on any atom is 0.260 e. The van der Waals surface area contributed by atoms with Crippen LogP contribution < -0.4 is 4.74 Å². The van der Waals surface area contributed by atoms with E-state index in [1.54, 1.807) is 4.90 Å². The van der Waals surface area contributed by atoms with E-state index < -0.39 is 0 Å². The smallest absolute Gasteiger partial charge is 0.260 e. The highest BCUT2D eigenvalue weighted by Gasteiger charge is 2.20. The van der Waals surface area contributed by atoms with Gasteiger partial charge in [0.25, 0.3) is 5.91 Å². The van der Waals surface area contributed by atoms with Gasteiger partial charge in [-0.25, -0.2) is 0 Å². The lowest BCUT2D eigenvalue weighted by atomic mass is 10.1. The minimum absolute atomic E-state index is 0.0172. The van der Waals surface area contributed by atoms with E-state index in [2.05, 4.69) is 5.16 Å². The topological polar surface area (TPSA) is 71.4 Å². The normalized spacial score (nSPS) is 19.6. The Morgan fingerprint density at radius 2 is 2.14 bits per heavy atom. The van der Waals surface area contributed by atoms with E-state index in [-0.39, 0.29) is 12.5 Å². The highest BCUT2D eigenvalue weighted by molar-refractivity contribution is 6.04. The quantitative estimate of drug-likeness (QED) is 0.667. The first-order chi connectivity index (χ1) is 10.3. The van der Waals surface area contributed by atoms with Crippen LogP contribution >= 0.6 is 0 Å². The Kier molecular flexibility index (Phi) is 4.06. The zero-order valence-electron chi connectivity index (χ0n) is 11.7. The van der Waals surface area contributed by atoms with Gasteiger partial charge in [-0.15, -0.1) is 0 Å². The summed E-state index contributed by atoms with van der Waals surface area (Å²) in [6.45, 7) is 2.48. The SMILES string of the molecule is O=C(COc1ccc2c(c1)CC/C2=N/O)N1CCOCC1. The van der Waals surface area contributed by atoms with E-state index in [4.69, 9.17) is 14.7 Å². The number of carbonyl (C=O) groups excluding carboxylic acids is 1. The Morgan fingerprint density at radius 1 is 1.33 bits per heavy atom. The van der Waals surface area contributed by atoms with Crippen LogP contribution in [0.1, 0.15) is 17.5 Å². The molecule has 0 unspecified atom stereocenters. The standard InChI is InChI=1S/C15H18N2O4/c18-15(17-5-7-20-8-6-17)10-21-12-2-3-13-11(9-12)1-4-14(13)16-19/h2-3,9,19H,1,4-8,10H2/b16-14-. The fourth-order valence-electron chi connectivity index (χ4n) is 2.69. The lowest BCUT2D eigenvalue weighted by Gasteiger charge is -2.26. The average molecular weight is 290 g/mol. The number of oxime groups is 1. The van der Waals surface area contributed by atoms with Crippen molar-refractivity contribution in [3.63, 3.8) is 0 Å². The maximum atomic E-state index is 12.0. The summed E-state index contributed by atoms with van der Waals surface area (Å²) in [5.41, 5.74) is 2.77. The van der Waals surface area contributed by atoms with Gasteiger partial charge in [-0.3, -0.25) is 4.79 Å². The van der Waals surface area contributed by atoms with Crippen LogP contribution in [0.4, 0.5) is 0 Å². The van der Waals surface area contributed by atoms with E-state index in [9.17, 15) is 4.79 Å². The van der Waals surface area contributed by atoms with Crippen molar-refractivity contribution in [3.8, 4) is 5.75 Å². The molecule has 0 atom stereocenters. The number of morpholine rings is 1. The Labute approximate surface area is 122 Å². The van der Waals surface area contributed by atoms with Crippen LogP contribution in [-0.4, -0.2) is 54.6 Å². The van der Waals surface area contributed by atoms with Gasteiger partial charge < -0.3 is 19.6 Å². The molecule has 1 saturated heterocycles. The number of hydrogen-bond donors (Lipinski definition) is 1. The van der Waals surface area contributed by atoms with Gasteiger partial charge in [0.05, 0.1) is 18.9 Å². The highest BCUT2D eigenvalue weighted by atomic mass is 16.5. The minimum Gasteiger partial charge on any atom is -0.484 e. The molecular formula is C15H18N2O4. The Hall–Kier alpha value is -2.08. The summed E-state index contributed by atoms with van der Waals surface area (Å²) in [4.78, 5) is 13.8. The van der Waals surface area contributed by atoms with E-state index in [1.807, 2.05) is 18.2 Å². The first-order valence-electron chi connectivity index (χ1n) is 7.10. The molecule has 1 aromatic carbocycles. The number of nitrogens with zero attached hydrogens (tertiary/aromatic N) is 2. The van der Waals surface area contributed by atoms with Gasteiger partial charge in [0, 0.05) is 18.7 Å². The number of amides is 1. The van der Waals surface area contributed by atoms with Gasteiger partial charge >= 0.3 is 0 Å². The van der Waals surface area contributed by atoms with E-state index in [0.717, 1.165) is 24.0 Å². The second-order valence-corrected chi connectivity index (χ2v) is 5.15. The second-order valence-electron chi connectivity index (χ2n) is 5.15. The molecule has 6 nitrogen and oxygen atoms in total. The molecule has 0 saturated carbocycles.